The lowest BCUT2D eigenvalue weighted by atomic mass is 10.1. The standard InChI is InChI=1S/C8H5FO4S/c9-6-4(14)2-1-3(7(10)11)5(6)8(12)13/h1-2,14H,(H,10,11)(H,12,13). The van der Waals surface area contributed by atoms with Crippen LogP contribution in [0.25, 0.3) is 0 Å². The molecule has 0 aliphatic rings. The maximum Gasteiger partial charge on any atom is 0.339 e. The molecule has 0 heterocycles. The molecule has 2 N–H and O–H groups in total. The predicted molar refractivity (Wildman–Crippen MR) is 47.6 cm³/mol. The molecule has 6 heteroatoms. The molecule has 0 amide bonds. The molecule has 1 aromatic rings. The van der Waals surface area contributed by atoms with Crippen LogP contribution >= 0.6 is 12.6 Å². The summed E-state index contributed by atoms with van der Waals surface area (Å²) in [5, 5.41) is 17.2. The van der Waals surface area contributed by atoms with Gasteiger partial charge in [0.15, 0.2) is 5.82 Å². The van der Waals surface area contributed by atoms with Crippen molar-refractivity contribution >= 4 is 24.6 Å². The fourth-order valence-electron chi connectivity index (χ4n) is 0.952. The van der Waals surface area contributed by atoms with Gasteiger partial charge in [0, 0.05) is 4.90 Å². The topological polar surface area (TPSA) is 74.6 Å². The molecule has 0 fully saturated rings. The highest BCUT2D eigenvalue weighted by Crippen LogP contribution is 2.20. The second kappa shape index (κ2) is 3.67. The van der Waals surface area contributed by atoms with Crippen molar-refractivity contribution in [3.8, 4) is 0 Å². The summed E-state index contributed by atoms with van der Waals surface area (Å²) < 4.78 is 13.2. The lowest BCUT2D eigenvalue weighted by molar-refractivity contribution is 0.0646. The van der Waals surface area contributed by atoms with E-state index in [0.717, 1.165) is 12.1 Å². The second-order valence-electron chi connectivity index (χ2n) is 2.43. The van der Waals surface area contributed by atoms with Crippen LogP contribution < -0.4 is 0 Å². The van der Waals surface area contributed by atoms with Crippen LogP contribution in [0.15, 0.2) is 17.0 Å². The number of hydrogen-bond donors (Lipinski definition) is 3. The highest BCUT2D eigenvalue weighted by molar-refractivity contribution is 7.80. The first kappa shape index (κ1) is 10.5. The van der Waals surface area contributed by atoms with Crippen LogP contribution in [-0.4, -0.2) is 22.2 Å². The summed E-state index contributed by atoms with van der Waals surface area (Å²) in [5.74, 6) is -4.26. The van der Waals surface area contributed by atoms with Gasteiger partial charge in [0.1, 0.15) is 5.56 Å². The highest BCUT2D eigenvalue weighted by atomic mass is 32.1. The molecule has 14 heavy (non-hydrogen) atoms. The third-order valence-electron chi connectivity index (χ3n) is 1.57. The Balaban J connectivity index is 3.53. The van der Waals surface area contributed by atoms with Gasteiger partial charge in [0.05, 0.1) is 5.56 Å². The molecular weight excluding hydrogens is 211 g/mol. The maximum absolute atomic E-state index is 13.2. The smallest absolute Gasteiger partial charge is 0.339 e. The zero-order valence-corrected chi connectivity index (χ0v) is 7.59. The Hall–Kier alpha value is -1.56. The number of halogens is 1. The van der Waals surface area contributed by atoms with Gasteiger partial charge >= 0.3 is 11.9 Å². The lowest BCUT2D eigenvalue weighted by Crippen LogP contribution is -2.11. The molecule has 0 saturated heterocycles. The average molecular weight is 216 g/mol. The monoisotopic (exact) mass is 216 g/mol. The summed E-state index contributed by atoms with van der Waals surface area (Å²) in [4.78, 5) is 20.9. The minimum Gasteiger partial charge on any atom is -0.478 e. The highest BCUT2D eigenvalue weighted by Gasteiger charge is 2.21. The van der Waals surface area contributed by atoms with Crippen LogP contribution in [-0.2, 0) is 0 Å². The number of thiol groups is 1. The molecule has 74 valence electrons. The van der Waals surface area contributed by atoms with Gasteiger partial charge in [-0.2, -0.15) is 0 Å². The van der Waals surface area contributed by atoms with Gasteiger partial charge in [0.2, 0.25) is 0 Å². The van der Waals surface area contributed by atoms with Gasteiger partial charge in [-0.05, 0) is 12.1 Å². The summed E-state index contributed by atoms with van der Waals surface area (Å²) in [6.07, 6.45) is 0. The van der Waals surface area contributed by atoms with E-state index in [1.807, 2.05) is 0 Å². The Bertz CT molecular complexity index is 416. The molecule has 0 spiro atoms. The quantitative estimate of drug-likeness (QED) is 0.655. The van der Waals surface area contributed by atoms with Gasteiger partial charge in [-0.15, -0.1) is 12.6 Å². The number of hydrogen-bond acceptors (Lipinski definition) is 3. The van der Waals surface area contributed by atoms with Gasteiger partial charge in [0.25, 0.3) is 0 Å². The van der Waals surface area contributed by atoms with Crippen LogP contribution in [0.5, 0.6) is 0 Å². The van der Waals surface area contributed by atoms with Gasteiger partial charge < -0.3 is 10.2 Å². The van der Waals surface area contributed by atoms with Crippen molar-refractivity contribution in [1.82, 2.24) is 0 Å². The van der Waals surface area contributed by atoms with Crippen molar-refractivity contribution in [3.63, 3.8) is 0 Å². The number of carboxylic acid groups (broad SMARTS) is 2. The Morgan fingerprint density at radius 3 is 2.21 bits per heavy atom. The number of carboxylic acids is 2. The third kappa shape index (κ3) is 1.69. The van der Waals surface area contributed by atoms with E-state index in [1.54, 1.807) is 0 Å². The molecule has 0 radical (unpaired) electrons. The van der Waals surface area contributed by atoms with E-state index in [9.17, 15) is 14.0 Å². The Morgan fingerprint density at radius 2 is 1.79 bits per heavy atom. The first-order chi connectivity index (χ1) is 6.45. The zero-order valence-electron chi connectivity index (χ0n) is 6.69. The van der Waals surface area contributed by atoms with E-state index >= 15 is 0 Å². The molecule has 0 unspecified atom stereocenters. The van der Waals surface area contributed by atoms with E-state index in [1.165, 1.54) is 0 Å². The second-order valence-corrected chi connectivity index (χ2v) is 2.91. The van der Waals surface area contributed by atoms with E-state index < -0.39 is 28.9 Å². The largest absolute Gasteiger partial charge is 0.478 e. The summed E-state index contributed by atoms with van der Waals surface area (Å²) in [7, 11) is 0. The van der Waals surface area contributed by atoms with Crippen molar-refractivity contribution in [2.75, 3.05) is 0 Å². The molecule has 1 rings (SSSR count). The number of rotatable bonds is 2. The lowest BCUT2D eigenvalue weighted by Gasteiger charge is -2.04. The van der Waals surface area contributed by atoms with Crippen LogP contribution in [0, 0.1) is 5.82 Å². The van der Waals surface area contributed by atoms with Crippen molar-refractivity contribution in [2.24, 2.45) is 0 Å². The molecule has 0 atom stereocenters. The number of aromatic carboxylic acids is 2. The Kier molecular flexibility index (Phi) is 2.76. The first-order valence-electron chi connectivity index (χ1n) is 3.43. The molecule has 0 bridgehead atoms. The van der Waals surface area contributed by atoms with Gasteiger partial charge in [-0.25, -0.2) is 14.0 Å². The van der Waals surface area contributed by atoms with E-state index in [-0.39, 0.29) is 4.90 Å². The van der Waals surface area contributed by atoms with E-state index in [2.05, 4.69) is 12.6 Å². The molecule has 1 aromatic carbocycles. The molecule has 0 aromatic heterocycles. The number of benzene rings is 1. The zero-order chi connectivity index (χ0) is 10.9. The molecular formula is C8H5FO4S. The summed E-state index contributed by atoms with van der Waals surface area (Å²) in [5.41, 5.74) is -1.46. The number of carbonyl (C=O) groups is 2. The van der Waals surface area contributed by atoms with E-state index in [0.29, 0.717) is 0 Å². The maximum atomic E-state index is 13.2. The van der Waals surface area contributed by atoms with Crippen molar-refractivity contribution in [3.05, 3.63) is 29.1 Å². The minimum absolute atomic E-state index is 0.201. The van der Waals surface area contributed by atoms with Gasteiger partial charge in [-0.3, -0.25) is 0 Å². The fraction of sp³-hybridized carbons (Fsp3) is 0. The molecule has 0 aliphatic carbocycles. The van der Waals surface area contributed by atoms with Crippen molar-refractivity contribution in [2.45, 2.75) is 4.90 Å². The molecule has 0 saturated carbocycles. The van der Waals surface area contributed by atoms with Crippen LogP contribution in [0.4, 0.5) is 4.39 Å². The molecule has 4 nitrogen and oxygen atoms in total. The Morgan fingerprint density at radius 1 is 1.21 bits per heavy atom. The van der Waals surface area contributed by atoms with Crippen molar-refractivity contribution in [1.29, 1.82) is 0 Å². The Labute approximate surface area is 83.4 Å². The van der Waals surface area contributed by atoms with Crippen LogP contribution in [0.2, 0.25) is 0 Å². The summed E-state index contributed by atoms with van der Waals surface area (Å²) >= 11 is 3.65. The third-order valence-corrected chi connectivity index (χ3v) is 1.91. The summed E-state index contributed by atoms with van der Waals surface area (Å²) in [6.45, 7) is 0. The van der Waals surface area contributed by atoms with Crippen molar-refractivity contribution < 1.29 is 24.2 Å². The first-order valence-corrected chi connectivity index (χ1v) is 3.88. The predicted octanol–water partition coefficient (Wildman–Crippen LogP) is 1.51. The average Bonchev–Trinajstić information content (AvgIpc) is 2.08. The minimum atomic E-state index is -1.63. The van der Waals surface area contributed by atoms with Gasteiger partial charge in [-0.1, -0.05) is 0 Å². The van der Waals surface area contributed by atoms with Crippen LogP contribution in [0.1, 0.15) is 20.7 Å². The van der Waals surface area contributed by atoms with Crippen LogP contribution in [0.3, 0.4) is 0 Å². The SMILES string of the molecule is O=C(O)c1ccc(S)c(F)c1C(=O)O. The normalized spacial score (nSPS) is 9.86. The summed E-state index contributed by atoms with van der Waals surface area (Å²) in [6, 6.07) is 2.09. The fourth-order valence-corrected chi connectivity index (χ4v) is 1.14. The van der Waals surface area contributed by atoms with E-state index in [4.69, 9.17) is 10.2 Å². The molecule has 0 aliphatic heterocycles.